The summed E-state index contributed by atoms with van der Waals surface area (Å²) in [6, 6.07) is 8.06. The van der Waals surface area contributed by atoms with E-state index < -0.39 is 12.0 Å². The predicted octanol–water partition coefficient (Wildman–Crippen LogP) is 2.50. The van der Waals surface area contributed by atoms with Crippen LogP contribution in [-0.4, -0.2) is 47.2 Å². The number of carbonyl (C=O) groups is 2. The third-order valence-corrected chi connectivity index (χ3v) is 4.62. The van der Waals surface area contributed by atoms with E-state index >= 15 is 0 Å². The van der Waals surface area contributed by atoms with Crippen molar-refractivity contribution in [1.82, 2.24) is 19.9 Å². The first-order valence-electron chi connectivity index (χ1n) is 9.48. The van der Waals surface area contributed by atoms with E-state index in [2.05, 4.69) is 15.3 Å². The maximum absolute atomic E-state index is 12.9. The molecule has 0 unspecified atom stereocenters. The van der Waals surface area contributed by atoms with Crippen molar-refractivity contribution in [3.63, 3.8) is 0 Å². The van der Waals surface area contributed by atoms with Crippen molar-refractivity contribution in [1.29, 1.82) is 0 Å². The first-order chi connectivity index (χ1) is 14.5. The number of carbonyl (C=O) groups excluding carboxylic acids is 2. The van der Waals surface area contributed by atoms with E-state index in [9.17, 15) is 9.59 Å². The zero-order valence-corrected chi connectivity index (χ0v) is 17.3. The van der Waals surface area contributed by atoms with Crippen LogP contribution in [0.5, 0.6) is 11.5 Å². The second kappa shape index (κ2) is 9.25. The molecular weight excluding hydrogens is 388 g/mol. The van der Waals surface area contributed by atoms with Gasteiger partial charge in [-0.1, -0.05) is 0 Å². The SMILES string of the molecule is CCOC(=O)c1nc2cccnc2n1[C@@H](C)C(=O)NCc1ccc(OC)cc1OC. The van der Waals surface area contributed by atoms with Gasteiger partial charge in [-0.05, 0) is 38.1 Å². The van der Waals surface area contributed by atoms with Crippen molar-refractivity contribution >= 4 is 23.0 Å². The molecule has 0 radical (unpaired) electrons. The van der Waals surface area contributed by atoms with E-state index in [1.165, 1.54) is 4.57 Å². The molecule has 0 fully saturated rings. The number of fused-ring (bicyclic) bond motifs is 1. The summed E-state index contributed by atoms with van der Waals surface area (Å²) >= 11 is 0. The van der Waals surface area contributed by atoms with E-state index in [4.69, 9.17) is 14.2 Å². The van der Waals surface area contributed by atoms with Gasteiger partial charge in [0, 0.05) is 24.4 Å². The molecular formula is C21H24N4O5. The van der Waals surface area contributed by atoms with Crippen molar-refractivity contribution in [3.8, 4) is 11.5 Å². The van der Waals surface area contributed by atoms with Gasteiger partial charge in [-0.3, -0.25) is 9.36 Å². The van der Waals surface area contributed by atoms with Gasteiger partial charge in [0.05, 0.1) is 20.8 Å². The third kappa shape index (κ3) is 4.19. The molecule has 0 saturated heterocycles. The Bertz CT molecular complexity index is 1060. The lowest BCUT2D eigenvalue weighted by Gasteiger charge is -2.17. The zero-order valence-electron chi connectivity index (χ0n) is 17.3. The molecule has 0 saturated carbocycles. The fraction of sp³-hybridized carbons (Fsp3) is 0.333. The molecule has 0 aliphatic heterocycles. The van der Waals surface area contributed by atoms with Crippen LogP contribution in [0, 0.1) is 0 Å². The molecule has 3 aromatic rings. The zero-order chi connectivity index (χ0) is 21.7. The molecule has 0 aliphatic carbocycles. The standard InChI is InChI=1S/C21H24N4O5/c1-5-30-21(27)19-24-16-7-6-10-22-18(16)25(19)13(2)20(26)23-12-14-8-9-15(28-3)11-17(14)29-4/h6-11,13H,5,12H2,1-4H3,(H,23,26)/t13-/m0/s1. The molecule has 9 heteroatoms. The molecule has 3 rings (SSSR count). The number of benzene rings is 1. The van der Waals surface area contributed by atoms with Gasteiger partial charge in [-0.2, -0.15) is 0 Å². The molecule has 2 heterocycles. The Hall–Kier alpha value is -3.62. The lowest BCUT2D eigenvalue weighted by atomic mass is 10.2. The Balaban J connectivity index is 1.85. The minimum atomic E-state index is -0.742. The molecule has 30 heavy (non-hydrogen) atoms. The molecule has 2 aromatic heterocycles. The summed E-state index contributed by atoms with van der Waals surface area (Å²) in [4.78, 5) is 33.9. The second-order valence-electron chi connectivity index (χ2n) is 6.44. The highest BCUT2D eigenvalue weighted by Gasteiger charge is 2.26. The van der Waals surface area contributed by atoms with Crippen LogP contribution in [0.4, 0.5) is 0 Å². The van der Waals surface area contributed by atoms with Gasteiger partial charge in [-0.15, -0.1) is 0 Å². The molecule has 9 nitrogen and oxygen atoms in total. The van der Waals surface area contributed by atoms with Gasteiger partial charge in [0.2, 0.25) is 11.7 Å². The lowest BCUT2D eigenvalue weighted by molar-refractivity contribution is -0.124. The molecule has 158 valence electrons. The summed E-state index contributed by atoms with van der Waals surface area (Å²) in [7, 11) is 3.13. The van der Waals surface area contributed by atoms with Crippen molar-refractivity contribution in [2.75, 3.05) is 20.8 Å². The number of ether oxygens (including phenoxy) is 3. The summed E-state index contributed by atoms with van der Waals surface area (Å²) in [5.74, 6) is 0.389. The van der Waals surface area contributed by atoms with Crippen LogP contribution in [0.1, 0.15) is 36.1 Å². The van der Waals surface area contributed by atoms with E-state index in [1.54, 1.807) is 58.5 Å². The maximum Gasteiger partial charge on any atom is 0.374 e. The average Bonchev–Trinajstić information content (AvgIpc) is 3.16. The number of rotatable bonds is 8. The van der Waals surface area contributed by atoms with Gasteiger partial charge in [0.1, 0.15) is 23.1 Å². The highest BCUT2D eigenvalue weighted by atomic mass is 16.5. The number of hydrogen-bond acceptors (Lipinski definition) is 7. The number of esters is 1. The van der Waals surface area contributed by atoms with Crippen LogP contribution in [0.2, 0.25) is 0 Å². The Morgan fingerprint density at radius 3 is 2.70 bits per heavy atom. The van der Waals surface area contributed by atoms with Crippen LogP contribution in [-0.2, 0) is 16.1 Å². The Morgan fingerprint density at radius 2 is 2.00 bits per heavy atom. The quantitative estimate of drug-likeness (QED) is 0.567. The molecule has 0 bridgehead atoms. The molecule has 1 N–H and O–H groups in total. The number of nitrogens with one attached hydrogen (secondary N) is 1. The van der Waals surface area contributed by atoms with Crippen molar-refractivity contribution < 1.29 is 23.8 Å². The lowest BCUT2D eigenvalue weighted by Crippen LogP contribution is -2.32. The van der Waals surface area contributed by atoms with Gasteiger partial charge in [-0.25, -0.2) is 14.8 Å². The van der Waals surface area contributed by atoms with Crippen LogP contribution < -0.4 is 14.8 Å². The van der Waals surface area contributed by atoms with E-state index in [0.717, 1.165) is 5.56 Å². The van der Waals surface area contributed by atoms with Crippen LogP contribution in [0.15, 0.2) is 36.5 Å². The first-order valence-corrected chi connectivity index (χ1v) is 9.48. The van der Waals surface area contributed by atoms with E-state index in [-0.39, 0.29) is 24.9 Å². The molecule has 1 aromatic carbocycles. The van der Waals surface area contributed by atoms with Crippen LogP contribution in [0.3, 0.4) is 0 Å². The molecule has 0 aliphatic rings. The van der Waals surface area contributed by atoms with Crippen LogP contribution in [0.25, 0.3) is 11.2 Å². The van der Waals surface area contributed by atoms with Gasteiger partial charge in [0.25, 0.3) is 0 Å². The summed E-state index contributed by atoms with van der Waals surface area (Å²) in [6.07, 6.45) is 1.59. The largest absolute Gasteiger partial charge is 0.497 e. The summed E-state index contributed by atoms with van der Waals surface area (Å²) in [5.41, 5.74) is 1.74. The summed E-state index contributed by atoms with van der Waals surface area (Å²) < 4.78 is 17.2. The number of methoxy groups -OCH3 is 2. The summed E-state index contributed by atoms with van der Waals surface area (Å²) in [5, 5.41) is 2.87. The number of pyridine rings is 1. The monoisotopic (exact) mass is 412 g/mol. The highest BCUT2D eigenvalue weighted by Crippen LogP contribution is 2.25. The fourth-order valence-electron chi connectivity index (χ4n) is 3.08. The van der Waals surface area contributed by atoms with Gasteiger partial charge < -0.3 is 19.5 Å². The van der Waals surface area contributed by atoms with Crippen LogP contribution >= 0.6 is 0 Å². The summed E-state index contributed by atoms with van der Waals surface area (Å²) in [6.45, 7) is 3.83. The van der Waals surface area contributed by atoms with E-state index in [0.29, 0.717) is 22.7 Å². The first kappa shape index (κ1) is 21.1. The van der Waals surface area contributed by atoms with Crippen molar-refractivity contribution in [3.05, 3.63) is 47.9 Å². The number of amides is 1. The number of hydrogen-bond donors (Lipinski definition) is 1. The smallest absolute Gasteiger partial charge is 0.374 e. The highest BCUT2D eigenvalue weighted by molar-refractivity contribution is 5.92. The van der Waals surface area contributed by atoms with Gasteiger partial charge >= 0.3 is 5.97 Å². The molecule has 1 atom stereocenters. The maximum atomic E-state index is 12.9. The second-order valence-corrected chi connectivity index (χ2v) is 6.44. The Kier molecular flexibility index (Phi) is 6.51. The molecule has 1 amide bonds. The number of nitrogens with zero attached hydrogens (tertiary/aromatic N) is 3. The Labute approximate surface area is 174 Å². The van der Waals surface area contributed by atoms with E-state index in [1.807, 2.05) is 6.07 Å². The topological polar surface area (TPSA) is 105 Å². The minimum absolute atomic E-state index is 0.0372. The fourth-order valence-corrected chi connectivity index (χ4v) is 3.08. The normalized spacial score (nSPS) is 11.7. The molecule has 0 spiro atoms. The van der Waals surface area contributed by atoms with Gasteiger partial charge in [0.15, 0.2) is 5.65 Å². The van der Waals surface area contributed by atoms with Crippen molar-refractivity contribution in [2.24, 2.45) is 0 Å². The van der Waals surface area contributed by atoms with Crippen molar-refractivity contribution in [2.45, 2.75) is 26.4 Å². The Morgan fingerprint density at radius 1 is 1.20 bits per heavy atom. The number of imidazole rings is 1. The number of aromatic nitrogens is 3. The third-order valence-electron chi connectivity index (χ3n) is 4.62. The average molecular weight is 412 g/mol. The minimum Gasteiger partial charge on any atom is -0.497 e. The predicted molar refractivity (Wildman–Crippen MR) is 110 cm³/mol.